The number of aliphatic hydroxyl groups is 1. The third-order valence-corrected chi connectivity index (χ3v) is 6.01. The molecule has 4 rings (SSSR count). The van der Waals surface area contributed by atoms with Crippen molar-refractivity contribution in [2.45, 2.75) is 25.8 Å². The molecule has 1 N–H and O–H groups in total. The Morgan fingerprint density at radius 3 is 2.43 bits per heavy atom. The van der Waals surface area contributed by atoms with Crippen molar-refractivity contribution >= 4 is 17.4 Å². The van der Waals surface area contributed by atoms with Gasteiger partial charge < -0.3 is 19.5 Å². The highest BCUT2D eigenvalue weighted by Crippen LogP contribution is 2.40. The lowest BCUT2D eigenvalue weighted by Gasteiger charge is -2.25. The number of Topliss-reactive ketones (excluding diaryl/α,β-unsaturated/α-hetero) is 1. The molecule has 1 heterocycles. The molecule has 1 atom stereocenters. The van der Waals surface area contributed by atoms with Crippen LogP contribution in [0.1, 0.15) is 36.1 Å². The van der Waals surface area contributed by atoms with Gasteiger partial charge in [0.05, 0.1) is 25.3 Å². The maximum Gasteiger partial charge on any atom is 0.295 e. The molecule has 1 aliphatic rings. The maximum atomic E-state index is 13.3. The van der Waals surface area contributed by atoms with Gasteiger partial charge in [-0.3, -0.25) is 9.59 Å². The van der Waals surface area contributed by atoms with Crippen molar-refractivity contribution in [3.8, 4) is 11.5 Å². The third-order valence-electron chi connectivity index (χ3n) is 6.01. The smallest absolute Gasteiger partial charge is 0.295 e. The van der Waals surface area contributed by atoms with Crippen LogP contribution in [0.15, 0.2) is 84.4 Å². The predicted octanol–water partition coefficient (Wildman–Crippen LogP) is 5.15. The second-order valence-electron chi connectivity index (χ2n) is 8.38. The quantitative estimate of drug-likeness (QED) is 0.265. The lowest BCUT2D eigenvalue weighted by Crippen LogP contribution is -2.31. The van der Waals surface area contributed by atoms with E-state index in [9.17, 15) is 14.7 Å². The molecule has 1 unspecified atom stereocenters. The van der Waals surface area contributed by atoms with E-state index in [1.165, 1.54) is 4.90 Å². The molecule has 0 spiro atoms. The Morgan fingerprint density at radius 2 is 1.69 bits per heavy atom. The van der Waals surface area contributed by atoms with Crippen LogP contribution in [0.2, 0.25) is 0 Å². The molecule has 0 aromatic heterocycles. The summed E-state index contributed by atoms with van der Waals surface area (Å²) in [6.45, 7) is 2.87. The molecule has 3 aromatic rings. The van der Waals surface area contributed by atoms with Gasteiger partial charge >= 0.3 is 0 Å². The molecule has 0 saturated carbocycles. The first-order valence-corrected chi connectivity index (χ1v) is 11.7. The van der Waals surface area contributed by atoms with Crippen LogP contribution in [-0.4, -0.2) is 42.0 Å². The Kier molecular flexibility index (Phi) is 7.51. The molecular weight excluding hydrogens is 442 g/mol. The molecule has 3 aromatic carbocycles. The van der Waals surface area contributed by atoms with Crippen molar-refractivity contribution in [2.24, 2.45) is 0 Å². The lowest BCUT2D eigenvalue weighted by molar-refractivity contribution is -0.139. The standard InChI is InChI=1S/C29H29NO5/c1-3-17-35-24-14-8-12-22(19-24)27(31)25-26(21-11-7-13-23(18-21)34-2)30(29(33)28(25)32)16-15-20-9-5-4-6-10-20/h4-14,18-19,26,31H,3,15-17H2,1-2H3/b27-25+. The Morgan fingerprint density at radius 1 is 0.943 bits per heavy atom. The molecule has 6 nitrogen and oxygen atoms in total. The molecule has 180 valence electrons. The van der Waals surface area contributed by atoms with Gasteiger partial charge in [-0.15, -0.1) is 0 Å². The van der Waals surface area contributed by atoms with E-state index < -0.39 is 17.7 Å². The van der Waals surface area contributed by atoms with Gasteiger partial charge in [-0.2, -0.15) is 0 Å². The van der Waals surface area contributed by atoms with Gasteiger partial charge in [0.1, 0.15) is 17.3 Å². The summed E-state index contributed by atoms with van der Waals surface area (Å²) in [5, 5.41) is 11.3. The molecule has 1 aliphatic heterocycles. The van der Waals surface area contributed by atoms with E-state index in [0.717, 1.165) is 12.0 Å². The van der Waals surface area contributed by atoms with E-state index in [1.54, 1.807) is 43.5 Å². The zero-order valence-electron chi connectivity index (χ0n) is 19.9. The monoisotopic (exact) mass is 471 g/mol. The number of aliphatic hydroxyl groups excluding tert-OH is 1. The highest BCUT2D eigenvalue weighted by atomic mass is 16.5. The summed E-state index contributed by atoms with van der Waals surface area (Å²) in [4.78, 5) is 28.0. The number of hydrogen-bond acceptors (Lipinski definition) is 5. The van der Waals surface area contributed by atoms with Crippen LogP contribution in [0, 0.1) is 0 Å². The second kappa shape index (κ2) is 10.9. The van der Waals surface area contributed by atoms with Crippen LogP contribution in [-0.2, 0) is 16.0 Å². The Hall–Kier alpha value is -4.06. The number of likely N-dealkylation sites (tertiary alicyclic amines) is 1. The summed E-state index contributed by atoms with van der Waals surface area (Å²) < 4.78 is 11.1. The van der Waals surface area contributed by atoms with Gasteiger partial charge in [0, 0.05) is 12.1 Å². The normalized spacial score (nSPS) is 17.0. The topological polar surface area (TPSA) is 76.1 Å². The van der Waals surface area contributed by atoms with E-state index >= 15 is 0 Å². The van der Waals surface area contributed by atoms with Crippen LogP contribution in [0.3, 0.4) is 0 Å². The Labute approximate surface area is 205 Å². The summed E-state index contributed by atoms with van der Waals surface area (Å²) in [5.74, 6) is -0.365. The number of methoxy groups -OCH3 is 1. The largest absolute Gasteiger partial charge is 0.507 e. The van der Waals surface area contributed by atoms with Crippen molar-refractivity contribution in [1.82, 2.24) is 4.90 Å². The fourth-order valence-electron chi connectivity index (χ4n) is 4.27. The van der Waals surface area contributed by atoms with Crippen molar-refractivity contribution in [3.05, 3.63) is 101 Å². The number of nitrogens with zero attached hydrogens (tertiary/aromatic N) is 1. The van der Waals surface area contributed by atoms with Gasteiger partial charge in [0.15, 0.2) is 0 Å². The first-order valence-electron chi connectivity index (χ1n) is 11.7. The molecule has 6 heteroatoms. The van der Waals surface area contributed by atoms with Crippen LogP contribution in [0.5, 0.6) is 11.5 Å². The summed E-state index contributed by atoms with van der Waals surface area (Å²) >= 11 is 0. The molecule has 0 radical (unpaired) electrons. The highest BCUT2D eigenvalue weighted by Gasteiger charge is 2.46. The van der Waals surface area contributed by atoms with Crippen molar-refractivity contribution in [3.63, 3.8) is 0 Å². The predicted molar refractivity (Wildman–Crippen MR) is 134 cm³/mol. The molecule has 35 heavy (non-hydrogen) atoms. The van der Waals surface area contributed by atoms with Gasteiger partial charge in [0.2, 0.25) is 0 Å². The summed E-state index contributed by atoms with van der Waals surface area (Å²) in [6.07, 6.45) is 1.42. The van der Waals surface area contributed by atoms with E-state index in [0.29, 0.717) is 42.2 Å². The molecular formula is C29H29NO5. The van der Waals surface area contributed by atoms with Crippen LogP contribution < -0.4 is 9.47 Å². The molecule has 0 aliphatic carbocycles. The first kappa shape index (κ1) is 24.1. The van der Waals surface area contributed by atoms with E-state index in [1.807, 2.05) is 49.4 Å². The number of benzene rings is 3. The SMILES string of the molecule is CCCOc1cccc(/C(O)=C2\C(=O)C(=O)N(CCc3ccccc3)C2c2cccc(OC)c2)c1. The van der Waals surface area contributed by atoms with Crippen molar-refractivity contribution in [2.75, 3.05) is 20.3 Å². The highest BCUT2D eigenvalue weighted by molar-refractivity contribution is 6.46. The number of carbonyl (C=O) groups excluding carboxylic acids is 2. The number of carbonyl (C=O) groups is 2. The van der Waals surface area contributed by atoms with Gasteiger partial charge in [-0.1, -0.05) is 61.5 Å². The summed E-state index contributed by atoms with van der Waals surface area (Å²) in [5.41, 5.74) is 2.23. The maximum absolute atomic E-state index is 13.3. The second-order valence-corrected chi connectivity index (χ2v) is 8.38. The van der Waals surface area contributed by atoms with E-state index in [2.05, 4.69) is 0 Å². The number of ether oxygens (including phenoxy) is 2. The average molecular weight is 472 g/mol. The Bertz CT molecular complexity index is 1230. The number of rotatable bonds is 9. The number of amides is 1. The summed E-state index contributed by atoms with van der Waals surface area (Å²) in [6, 6.07) is 23.2. The van der Waals surface area contributed by atoms with E-state index in [4.69, 9.17) is 9.47 Å². The zero-order valence-corrected chi connectivity index (χ0v) is 19.9. The fraction of sp³-hybridized carbons (Fsp3) is 0.241. The number of hydrogen-bond donors (Lipinski definition) is 1. The summed E-state index contributed by atoms with van der Waals surface area (Å²) in [7, 11) is 1.56. The lowest BCUT2D eigenvalue weighted by atomic mass is 9.95. The molecule has 1 amide bonds. The molecule has 0 bridgehead atoms. The van der Waals surface area contributed by atoms with Gasteiger partial charge in [-0.05, 0) is 48.2 Å². The van der Waals surface area contributed by atoms with Crippen LogP contribution >= 0.6 is 0 Å². The zero-order chi connectivity index (χ0) is 24.8. The first-order chi connectivity index (χ1) is 17.0. The molecule has 1 saturated heterocycles. The van der Waals surface area contributed by atoms with Crippen LogP contribution in [0.25, 0.3) is 5.76 Å². The average Bonchev–Trinajstić information content (AvgIpc) is 3.16. The number of ketones is 1. The third kappa shape index (κ3) is 5.22. The minimum Gasteiger partial charge on any atom is -0.507 e. The minimum atomic E-state index is -0.742. The van der Waals surface area contributed by atoms with Gasteiger partial charge in [-0.25, -0.2) is 0 Å². The van der Waals surface area contributed by atoms with Crippen molar-refractivity contribution < 1.29 is 24.2 Å². The van der Waals surface area contributed by atoms with Gasteiger partial charge in [0.25, 0.3) is 11.7 Å². The molecule has 1 fully saturated rings. The fourth-order valence-corrected chi connectivity index (χ4v) is 4.27. The Balaban J connectivity index is 1.78. The van der Waals surface area contributed by atoms with E-state index in [-0.39, 0.29) is 11.3 Å². The minimum absolute atomic E-state index is 0.0592. The van der Waals surface area contributed by atoms with Crippen LogP contribution in [0.4, 0.5) is 0 Å². The van der Waals surface area contributed by atoms with Crippen molar-refractivity contribution in [1.29, 1.82) is 0 Å².